The Balaban J connectivity index is 1.52. The predicted octanol–water partition coefficient (Wildman–Crippen LogP) is 1.81. The van der Waals surface area contributed by atoms with Gasteiger partial charge in [-0.15, -0.1) is 11.6 Å². The van der Waals surface area contributed by atoms with Gasteiger partial charge in [-0.05, 0) is 37.6 Å². The van der Waals surface area contributed by atoms with Gasteiger partial charge in [-0.3, -0.25) is 4.79 Å². The van der Waals surface area contributed by atoms with E-state index in [4.69, 9.17) is 11.6 Å². The van der Waals surface area contributed by atoms with Crippen LogP contribution in [0.1, 0.15) is 25.7 Å². The Labute approximate surface area is 114 Å². The number of carbonyl (C=O) groups is 1. The number of nitrogens with zero attached hydrogens (tertiary/aromatic N) is 2. The molecule has 4 heteroatoms. The van der Waals surface area contributed by atoms with Crippen LogP contribution in [0.2, 0.25) is 0 Å². The number of alkyl halides is 1. The van der Waals surface area contributed by atoms with E-state index in [9.17, 15) is 4.79 Å². The number of carbonyl (C=O) groups excluding carboxylic acids is 1. The summed E-state index contributed by atoms with van der Waals surface area (Å²) < 4.78 is 0. The summed E-state index contributed by atoms with van der Waals surface area (Å²) in [5, 5.41) is 0. The fourth-order valence-electron chi connectivity index (χ4n) is 3.93. The Morgan fingerprint density at radius 1 is 1.06 bits per heavy atom. The molecule has 0 spiro atoms. The van der Waals surface area contributed by atoms with Gasteiger partial charge in [0.2, 0.25) is 5.91 Å². The number of halogens is 1. The summed E-state index contributed by atoms with van der Waals surface area (Å²) in [6.45, 7) is 4.91. The quantitative estimate of drug-likeness (QED) is 0.731. The molecule has 1 heterocycles. The summed E-state index contributed by atoms with van der Waals surface area (Å²) in [6.07, 6.45) is 5.05. The van der Waals surface area contributed by atoms with E-state index in [1.807, 2.05) is 0 Å². The number of hydrogen-bond donors (Lipinski definition) is 0. The standard InChI is InChI=1S/C14H23ClN2O/c15-5-8-16-6-2-7-17(10-9-16)14(18)13-11-3-1-4-12(11)13/h11-13H,1-10H2. The van der Waals surface area contributed by atoms with Crippen molar-refractivity contribution in [3.05, 3.63) is 0 Å². The molecule has 3 nitrogen and oxygen atoms in total. The lowest BCUT2D eigenvalue weighted by molar-refractivity contribution is -0.133. The monoisotopic (exact) mass is 270 g/mol. The minimum absolute atomic E-state index is 0.401. The summed E-state index contributed by atoms with van der Waals surface area (Å²) in [6, 6.07) is 0. The molecule has 0 radical (unpaired) electrons. The molecule has 2 aliphatic carbocycles. The second-order valence-corrected chi connectivity index (χ2v) is 6.37. The van der Waals surface area contributed by atoms with Crippen molar-refractivity contribution in [1.82, 2.24) is 9.80 Å². The number of fused-ring (bicyclic) bond motifs is 1. The Kier molecular flexibility index (Phi) is 3.81. The fraction of sp³-hybridized carbons (Fsp3) is 0.929. The maximum Gasteiger partial charge on any atom is 0.226 e. The van der Waals surface area contributed by atoms with E-state index >= 15 is 0 Å². The minimum atomic E-state index is 0.401. The van der Waals surface area contributed by atoms with Crippen LogP contribution in [0.25, 0.3) is 0 Å². The fourth-order valence-corrected chi connectivity index (χ4v) is 4.17. The first-order valence-electron chi connectivity index (χ1n) is 7.38. The molecule has 0 bridgehead atoms. The lowest BCUT2D eigenvalue weighted by Crippen LogP contribution is -2.37. The van der Waals surface area contributed by atoms with Gasteiger partial charge in [0.1, 0.15) is 0 Å². The summed E-state index contributed by atoms with van der Waals surface area (Å²) >= 11 is 5.79. The van der Waals surface area contributed by atoms with Crippen molar-refractivity contribution in [2.75, 3.05) is 38.6 Å². The molecule has 1 amide bonds. The van der Waals surface area contributed by atoms with Gasteiger partial charge in [-0.2, -0.15) is 0 Å². The van der Waals surface area contributed by atoms with E-state index in [2.05, 4.69) is 9.80 Å². The van der Waals surface area contributed by atoms with Crippen LogP contribution in [-0.2, 0) is 4.79 Å². The van der Waals surface area contributed by atoms with Crippen molar-refractivity contribution in [3.63, 3.8) is 0 Å². The van der Waals surface area contributed by atoms with Crippen molar-refractivity contribution in [2.24, 2.45) is 17.8 Å². The molecule has 0 aromatic heterocycles. The maximum absolute atomic E-state index is 12.5. The molecule has 3 fully saturated rings. The van der Waals surface area contributed by atoms with Crippen molar-refractivity contribution in [3.8, 4) is 0 Å². The van der Waals surface area contributed by atoms with Crippen LogP contribution in [0.15, 0.2) is 0 Å². The normalized spacial score (nSPS) is 36.3. The Hall–Kier alpha value is -0.280. The van der Waals surface area contributed by atoms with Gasteiger partial charge in [-0.25, -0.2) is 0 Å². The topological polar surface area (TPSA) is 23.6 Å². The third-order valence-corrected chi connectivity index (χ3v) is 5.16. The zero-order valence-electron chi connectivity index (χ0n) is 11.0. The molecule has 1 aliphatic heterocycles. The van der Waals surface area contributed by atoms with Gasteiger partial charge in [0.15, 0.2) is 0 Å². The third-order valence-electron chi connectivity index (χ3n) is 4.99. The first-order chi connectivity index (χ1) is 8.81. The molecule has 18 heavy (non-hydrogen) atoms. The van der Waals surface area contributed by atoms with Gasteiger partial charge in [0.25, 0.3) is 0 Å². The van der Waals surface area contributed by atoms with Crippen molar-refractivity contribution in [1.29, 1.82) is 0 Å². The summed E-state index contributed by atoms with van der Waals surface area (Å²) in [5.41, 5.74) is 0. The Morgan fingerprint density at radius 3 is 2.56 bits per heavy atom. The van der Waals surface area contributed by atoms with Crippen LogP contribution in [0.3, 0.4) is 0 Å². The highest BCUT2D eigenvalue weighted by molar-refractivity contribution is 6.18. The first-order valence-corrected chi connectivity index (χ1v) is 7.92. The Bertz CT molecular complexity index is 313. The number of hydrogen-bond acceptors (Lipinski definition) is 2. The van der Waals surface area contributed by atoms with Crippen LogP contribution < -0.4 is 0 Å². The maximum atomic E-state index is 12.5. The van der Waals surface area contributed by atoms with Gasteiger partial charge >= 0.3 is 0 Å². The molecular formula is C14H23ClN2O. The van der Waals surface area contributed by atoms with Crippen LogP contribution in [0, 0.1) is 17.8 Å². The zero-order valence-corrected chi connectivity index (χ0v) is 11.7. The summed E-state index contributed by atoms with van der Waals surface area (Å²) in [7, 11) is 0. The largest absolute Gasteiger partial charge is 0.341 e. The van der Waals surface area contributed by atoms with E-state index in [0.29, 0.717) is 17.7 Å². The van der Waals surface area contributed by atoms with E-state index in [1.54, 1.807) is 0 Å². The molecule has 102 valence electrons. The molecule has 2 unspecified atom stereocenters. The second kappa shape index (κ2) is 5.38. The molecule has 0 N–H and O–H groups in total. The SMILES string of the molecule is O=C(C1C2CCCC21)N1CCCN(CCCl)CC1. The Morgan fingerprint density at radius 2 is 1.83 bits per heavy atom. The van der Waals surface area contributed by atoms with Gasteiger partial charge in [0, 0.05) is 38.0 Å². The smallest absolute Gasteiger partial charge is 0.226 e. The molecular weight excluding hydrogens is 248 g/mol. The van der Waals surface area contributed by atoms with E-state index in [-0.39, 0.29) is 0 Å². The van der Waals surface area contributed by atoms with Crippen LogP contribution in [0.4, 0.5) is 0 Å². The van der Waals surface area contributed by atoms with Crippen molar-refractivity contribution in [2.45, 2.75) is 25.7 Å². The van der Waals surface area contributed by atoms with Gasteiger partial charge in [0.05, 0.1) is 0 Å². The van der Waals surface area contributed by atoms with E-state index in [1.165, 1.54) is 19.3 Å². The van der Waals surface area contributed by atoms with Crippen LogP contribution in [-0.4, -0.2) is 54.3 Å². The highest BCUT2D eigenvalue weighted by Gasteiger charge is 2.57. The first kappa shape index (κ1) is 12.7. The van der Waals surface area contributed by atoms with Gasteiger partial charge in [-0.1, -0.05) is 6.42 Å². The lowest BCUT2D eigenvalue weighted by atomic mass is 10.1. The number of rotatable bonds is 3. The molecule has 2 atom stereocenters. The number of amides is 1. The van der Waals surface area contributed by atoms with Crippen molar-refractivity contribution >= 4 is 17.5 Å². The molecule has 0 aromatic carbocycles. The highest BCUT2D eigenvalue weighted by Crippen LogP contribution is 2.58. The molecule has 0 aromatic rings. The third kappa shape index (κ3) is 2.39. The highest BCUT2D eigenvalue weighted by atomic mass is 35.5. The van der Waals surface area contributed by atoms with E-state index in [0.717, 1.165) is 51.0 Å². The average Bonchev–Trinajstić information content (AvgIpc) is 2.96. The predicted molar refractivity (Wildman–Crippen MR) is 72.7 cm³/mol. The van der Waals surface area contributed by atoms with Crippen LogP contribution in [0.5, 0.6) is 0 Å². The zero-order chi connectivity index (χ0) is 12.5. The molecule has 2 saturated carbocycles. The molecule has 3 rings (SSSR count). The summed E-state index contributed by atoms with van der Waals surface area (Å²) in [5.74, 6) is 3.05. The summed E-state index contributed by atoms with van der Waals surface area (Å²) in [4.78, 5) is 17.0. The molecule has 3 aliphatic rings. The minimum Gasteiger partial charge on any atom is -0.341 e. The second-order valence-electron chi connectivity index (χ2n) is 5.99. The van der Waals surface area contributed by atoms with E-state index < -0.39 is 0 Å². The molecule has 1 saturated heterocycles. The average molecular weight is 271 g/mol. The van der Waals surface area contributed by atoms with Crippen molar-refractivity contribution < 1.29 is 4.79 Å². The van der Waals surface area contributed by atoms with Gasteiger partial charge < -0.3 is 9.80 Å². The van der Waals surface area contributed by atoms with Crippen LogP contribution >= 0.6 is 11.6 Å². The lowest BCUT2D eigenvalue weighted by Gasteiger charge is -2.22.